The number of nitrogens with one attached hydrogen (secondary N) is 1. The molecule has 6 rings (SSSR count). The summed E-state index contributed by atoms with van der Waals surface area (Å²) in [5.41, 5.74) is 11.9. The van der Waals surface area contributed by atoms with E-state index in [1.165, 1.54) is 12.0 Å². The molecule has 1 aliphatic rings. The Kier molecular flexibility index (Phi) is 6.05. The zero-order valence-electron chi connectivity index (χ0n) is 21.1. The van der Waals surface area contributed by atoms with E-state index in [1.54, 1.807) is 6.20 Å². The van der Waals surface area contributed by atoms with Crippen LogP contribution in [0.3, 0.4) is 0 Å². The minimum absolute atomic E-state index is 0.342. The van der Waals surface area contributed by atoms with Crippen LogP contribution in [0, 0.1) is 0 Å². The number of fused-ring (bicyclic) bond motifs is 2. The van der Waals surface area contributed by atoms with Crippen LogP contribution >= 0.6 is 0 Å². The zero-order valence-corrected chi connectivity index (χ0v) is 21.1. The minimum Gasteiger partial charge on any atom is -0.489 e. The van der Waals surface area contributed by atoms with Crippen LogP contribution in [-0.2, 0) is 6.61 Å². The van der Waals surface area contributed by atoms with Crippen molar-refractivity contribution < 1.29 is 4.74 Å². The molecule has 0 amide bonds. The molecule has 0 aliphatic carbocycles. The lowest BCUT2D eigenvalue weighted by Gasteiger charge is -2.31. The number of nitrogen functional groups attached to an aromatic ring is 1. The zero-order chi connectivity index (χ0) is 25.4. The number of benzene rings is 1. The van der Waals surface area contributed by atoms with Gasteiger partial charge in [-0.05, 0) is 36.2 Å². The summed E-state index contributed by atoms with van der Waals surface area (Å²) in [6.45, 7) is 8.73. The van der Waals surface area contributed by atoms with Gasteiger partial charge >= 0.3 is 0 Å². The Hall–Kier alpha value is -4.24. The quantitative estimate of drug-likeness (QED) is 0.364. The fraction of sp³-hybridized carbons (Fsp3) is 0.286. The van der Waals surface area contributed by atoms with Crippen molar-refractivity contribution in [3.8, 4) is 11.4 Å². The second-order valence-corrected chi connectivity index (χ2v) is 9.66. The van der Waals surface area contributed by atoms with Gasteiger partial charge in [0.2, 0.25) is 0 Å². The maximum absolute atomic E-state index is 6.21. The molecule has 0 saturated carbocycles. The number of hydrogen-bond acceptors (Lipinski definition) is 8. The Morgan fingerprint density at radius 3 is 2.73 bits per heavy atom. The number of rotatable bonds is 6. The summed E-state index contributed by atoms with van der Waals surface area (Å²) in [7, 11) is 0. The van der Waals surface area contributed by atoms with Crippen LogP contribution < -0.4 is 20.7 Å². The monoisotopic (exact) mass is 494 g/mol. The first-order valence-corrected chi connectivity index (χ1v) is 12.6. The molecular formula is C28H30N8O. The van der Waals surface area contributed by atoms with Crippen molar-refractivity contribution in [1.82, 2.24) is 29.8 Å². The van der Waals surface area contributed by atoms with Gasteiger partial charge in [0.25, 0.3) is 0 Å². The van der Waals surface area contributed by atoms with Crippen LogP contribution in [0.25, 0.3) is 27.6 Å². The first kappa shape index (κ1) is 23.2. The maximum Gasteiger partial charge on any atom is 0.150 e. The van der Waals surface area contributed by atoms with Crippen LogP contribution in [0.4, 0.5) is 11.5 Å². The lowest BCUT2D eigenvalue weighted by atomic mass is 10.0. The molecule has 0 radical (unpaired) electrons. The summed E-state index contributed by atoms with van der Waals surface area (Å²) in [6, 6.07) is 12.4. The number of ether oxygens (including phenoxy) is 1. The van der Waals surface area contributed by atoms with Gasteiger partial charge in [0.05, 0.1) is 22.8 Å². The van der Waals surface area contributed by atoms with Crippen molar-refractivity contribution in [3.63, 3.8) is 0 Å². The van der Waals surface area contributed by atoms with Crippen molar-refractivity contribution >= 4 is 33.4 Å². The molecule has 3 N–H and O–H groups in total. The van der Waals surface area contributed by atoms with E-state index in [9.17, 15) is 0 Å². The number of nitrogens with zero attached hydrogens (tertiary/aromatic N) is 6. The predicted molar refractivity (Wildman–Crippen MR) is 146 cm³/mol. The molecule has 5 aromatic rings. The molecule has 0 bridgehead atoms. The Morgan fingerprint density at radius 2 is 1.89 bits per heavy atom. The third kappa shape index (κ3) is 4.53. The first-order chi connectivity index (χ1) is 18.1. The number of anilines is 2. The van der Waals surface area contributed by atoms with E-state index in [0.717, 1.165) is 70.8 Å². The van der Waals surface area contributed by atoms with Crippen LogP contribution in [-0.4, -0.2) is 50.7 Å². The fourth-order valence-electron chi connectivity index (χ4n) is 4.79. The lowest BCUT2D eigenvalue weighted by Crippen LogP contribution is -2.43. The predicted octanol–water partition coefficient (Wildman–Crippen LogP) is 4.06. The molecule has 0 spiro atoms. The van der Waals surface area contributed by atoms with Crippen LogP contribution in [0.2, 0.25) is 0 Å². The highest BCUT2D eigenvalue weighted by atomic mass is 16.5. The number of pyridine rings is 2. The number of aromatic nitrogens is 5. The highest BCUT2D eigenvalue weighted by Gasteiger charge is 2.17. The van der Waals surface area contributed by atoms with Gasteiger partial charge in [-0.3, -0.25) is 14.5 Å². The van der Waals surface area contributed by atoms with Crippen molar-refractivity contribution in [2.45, 2.75) is 26.4 Å². The molecule has 0 atom stereocenters. The van der Waals surface area contributed by atoms with Crippen LogP contribution in [0.1, 0.15) is 31.0 Å². The Morgan fingerprint density at radius 1 is 1.03 bits per heavy atom. The van der Waals surface area contributed by atoms with Gasteiger partial charge in [0, 0.05) is 67.0 Å². The van der Waals surface area contributed by atoms with E-state index < -0.39 is 0 Å². The summed E-state index contributed by atoms with van der Waals surface area (Å²) in [6.07, 6.45) is 7.01. The van der Waals surface area contributed by atoms with E-state index >= 15 is 0 Å². The topological polar surface area (TPSA) is 107 Å². The molecule has 1 saturated heterocycles. The molecule has 1 fully saturated rings. The molecule has 188 valence electrons. The van der Waals surface area contributed by atoms with Gasteiger partial charge < -0.3 is 20.7 Å². The lowest BCUT2D eigenvalue weighted by molar-refractivity contribution is 0.306. The van der Waals surface area contributed by atoms with Gasteiger partial charge in [-0.25, -0.2) is 9.97 Å². The minimum atomic E-state index is 0.342. The standard InChI is InChI=1S/C28H30N8O/c1-18(2)24-13-26(35-9-6-30-7-10-35)22-4-3-21(12-25(22)34-24)37-16-19-11-20(15-31-14-19)36-8-5-23-27(29)32-17-33-28(23)36/h3-5,8,11-15,17-18,30H,6-7,9-10,16H2,1-2H3,(H2,29,32,33). The normalized spacial score (nSPS) is 14.1. The van der Waals surface area contributed by atoms with Gasteiger partial charge in [-0.15, -0.1) is 0 Å². The highest BCUT2D eigenvalue weighted by molar-refractivity contribution is 5.93. The SMILES string of the molecule is CC(C)c1cc(N2CCNCC2)c2ccc(OCc3cncc(-n4ccc5c(N)ncnc54)c3)cc2n1. The number of piperazine rings is 1. The average Bonchev–Trinajstić information content (AvgIpc) is 3.37. The number of nitrogens with two attached hydrogens (primary N) is 1. The second kappa shape index (κ2) is 9.67. The van der Waals surface area contributed by atoms with Crippen molar-refractivity contribution in [2.24, 2.45) is 0 Å². The molecule has 1 aliphatic heterocycles. The summed E-state index contributed by atoms with van der Waals surface area (Å²) in [5.74, 6) is 1.58. The Bertz CT molecular complexity index is 1570. The average molecular weight is 495 g/mol. The smallest absolute Gasteiger partial charge is 0.150 e. The Labute approximate surface area is 215 Å². The van der Waals surface area contributed by atoms with E-state index in [4.69, 9.17) is 15.5 Å². The molecule has 5 heterocycles. The van der Waals surface area contributed by atoms with E-state index in [0.29, 0.717) is 18.3 Å². The molecule has 0 unspecified atom stereocenters. The van der Waals surface area contributed by atoms with Gasteiger partial charge in [0.15, 0.2) is 0 Å². The van der Waals surface area contributed by atoms with Gasteiger partial charge in [0.1, 0.15) is 30.1 Å². The van der Waals surface area contributed by atoms with Crippen LogP contribution in [0.15, 0.2) is 61.3 Å². The molecule has 9 heteroatoms. The van der Waals surface area contributed by atoms with Gasteiger partial charge in [-0.1, -0.05) is 13.8 Å². The van der Waals surface area contributed by atoms with Crippen molar-refractivity contribution in [1.29, 1.82) is 0 Å². The Balaban J connectivity index is 1.27. The third-order valence-electron chi connectivity index (χ3n) is 6.80. The van der Waals surface area contributed by atoms with Crippen molar-refractivity contribution in [2.75, 3.05) is 36.8 Å². The maximum atomic E-state index is 6.21. The van der Waals surface area contributed by atoms with E-state index in [-0.39, 0.29) is 0 Å². The molecule has 37 heavy (non-hydrogen) atoms. The molecular weight excluding hydrogens is 464 g/mol. The number of hydrogen-bond donors (Lipinski definition) is 2. The third-order valence-corrected chi connectivity index (χ3v) is 6.80. The first-order valence-electron chi connectivity index (χ1n) is 12.6. The summed E-state index contributed by atoms with van der Waals surface area (Å²) >= 11 is 0. The summed E-state index contributed by atoms with van der Waals surface area (Å²) in [4.78, 5) is 20.3. The highest BCUT2D eigenvalue weighted by Crippen LogP contribution is 2.32. The van der Waals surface area contributed by atoms with Gasteiger partial charge in [-0.2, -0.15) is 0 Å². The second-order valence-electron chi connectivity index (χ2n) is 9.66. The fourth-order valence-corrected chi connectivity index (χ4v) is 4.79. The van der Waals surface area contributed by atoms with E-state index in [2.05, 4.69) is 51.1 Å². The summed E-state index contributed by atoms with van der Waals surface area (Å²) in [5, 5.41) is 5.41. The summed E-state index contributed by atoms with van der Waals surface area (Å²) < 4.78 is 8.16. The molecule has 1 aromatic carbocycles. The van der Waals surface area contributed by atoms with Crippen molar-refractivity contribution in [3.05, 3.63) is 72.6 Å². The van der Waals surface area contributed by atoms with Crippen LogP contribution in [0.5, 0.6) is 5.75 Å². The molecule has 9 nitrogen and oxygen atoms in total. The molecule has 4 aromatic heterocycles. The largest absolute Gasteiger partial charge is 0.489 e. The van der Waals surface area contributed by atoms with E-state index in [1.807, 2.05) is 41.2 Å².